The Balaban J connectivity index is 1.97. The number of aromatic nitrogens is 1. The summed E-state index contributed by atoms with van der Waals surface area (Å²) < 4.78 is 0. The topological polar surface area (TPSA) is 70.5 Å². The second-order valence-electron chi connectivity index (χ2n) is 6.82. The van der Waals surface area contributed by atoms with Crippen LogP contribution in [0.1, 0.15) is 47.4 Å². The number of nitrogens with zero attached hydrogens (tertiary/aromatic N) is 2. The number of benzene rings is 1. The van der Waals surface area contributed by atoms with Gasteiger partial charge in [-0.25, -0.2) is 9.78 Å². The molecule has 1 heterocycles. The number of hydrogen-bond acceptors (Lipinski definition) is 4. The minimum absolute atomic E-state index is 0.0102. The average molecular weight is 346 g/mol. The summed E-state index contributed by atoms with van der Waals surface area (Å²) in [4.78, 5) is 29.4. The molecule has 0 spiro atoms. The standard InChI is InChI=1S/C18H22N2O3S/c1-18(2,3)17-19-14(11-24-17)9-15(21)20(4)10-12-5-7-13(8-6-12)16(22)23/h5-8,11H,9-10H2,1-4H3,(H,22,23). The highest BCUT2D eigenvalue weighted by Crippen LogP contribution is 2.25. The maximum atomic E-state index is 12.3. The number of carbonyl (C=O) groups is 2. The number of likely N-dealkylation sites (N-methyl/N-ethyl adjacent to an activating group) is 1. The van der Waals surface area contributed by atoms with Crippen LogP contribution in [0, 0.1) is 0 Å². The minimum atomic E-state index is -0.954. The Kier molecular flexibility index (Phi) is 5.39. The van der Waals surface area contributed by atoms with Gasteiger partial charge in [-0.05, 0) is 17.7 Å². The molecule has 1 N–H and O–H groups in total. The van der Waals surface area contributed by atoms with Gasteiger partial charge in [-0.3, -0.25) is 4.79 Å². The molecule has 0 saturated heterocycles. The summed E-state index contributed by atoms with van der Waals surface area (Å²) in [5.41, 5.74) is 1.92. The molecular formula is C18H22N2O3S. The highest BCUT2D eigenvalue weighted by Gasteiger charge is 2.19. The second-order valence-corrected chi connectivity index (χ2v) is 7.68. The van der Waals surface area contributed by atoms with Gasteiger partial charge in [-0.15, -0.1) is 11.3 Å². The fourth-order valence-electron chi connectivity index (χ4n) is 2.14. The largest absolute Gasteiger partial charge is 0.478 e. The molecule has 0 fully saturated rings. The Hall–Kier alpha value is -2.21. The lowest BCUT2D eigenvalue weighted by Gasteiger charge is -2.17. The summed E-state index contributed by atoms with van der Waals surface area (Å²) >= 11 is 1.58. The van der Waals surface area contributed by atoms with Gasteiger partial charge < -0.3 is 10.0 Å². The highest BCUT2D eigenvalue weighted by molar-refractivity contribution is 7.09. The van der Waals surface area contributed by atoms with Gasteiger partial charge in [0.1, 0.15) is 0 Å². The zero-order chi connectivity index (χ0) is 17.9. The lowest BCUT2D eigenvalue weighted by atomic mass is 9.98. The molecule has 0 aliphatic carbocycles. The van der Waals surface area contributed by atoms with E-state index in [1.807, 2.05) is 5.38 Å². The maximum Gasteiger partial charge on any atom is 0.335 e. The van der Waals surface area contributed by atoms with Crippen molar-refractivity contribution in [3.8, 4) is 0 Å². The third-order valence-electron chi connectivity index (χ3n) is 3.57. The molecule has 0 aliphatic heterocycles. The zero-order valence-corrected chi connectivity index (χ0v) is 15.2. The molecular weight excluding hydrogens is 324 g/mol. The van der Waals surface area contributed by atoms with Crippen molar-refractivity contribution in [1.82, 2.24) is 9.88 Å². The number of carboxylic acid groups (broad SMARTS) is 1. The number of carbonyl (C=O) groups excluding carboxylic acids is 1. The van der Waals surface area contributed by atoms with Crippen LogP contribution in [-0.2, 0) is 23.2 Å². The first kappa shape index (κ1) is 18.1. The van der Waals surface area contributed by atoms with Crippen LogP contribution < -0.4 is 0 Å². The number of aromatic carboxylic acids is 1. The first-order chi connectivity index (χ1) is 11.2. The summed E-state index contributed by atoms with van der Waals surface area (Å²) in [5, 5.41) is 11.9. The summed E-state index contributed by atoms with van der Waals surface area (Å²) in [6, 6.07) is 6.56. The molecule has 2 aromatic rings. The van der Waals surface area contributed by atoms with E-state index in [-0.39, 0.29) is 23.3 Å². The monoisotopic (exact) mass is 346 g/mol. The fourth-order valence-corrected chi connectivity index (χ4v) is 3.04. The molecule has 128 valence electrons. The molecule has 0 saturated carbocycles. The molecule has 1 amide bonds. The Morgan fingerprint density at radius 2 is 1.83 bits per heavy atom. The normalized spacial score (nSPS) is 11.3. The van der Waals surface area contributed by atoms with Gasteiger partial charge in [-0.1, -0.05) is 32.9 Å². The van der Waals surface area contributed by atoms with Crippen molar-refractivity contribution in [2.24, 2.45) is 0 Å². The first-order valence-corrected chi connectivity index (χ1v) is 8.56. The number of rotatable bonds is 5. The zero-order valence-electron chi connectivity index (χ0n) is 14.4. The highest BCUT2D eigenvalue weighted by atomic mass is 32.1. The quantitative estimate of drug-likeness (QED) is 0.901. The summed E-state index contributed by atoms with van der Waals surface area (Å²) in [5.74, 6) is -0.966. The second kappa shape index (κ2) is 7.13. The van der Waals surface area contributed by atoms with Gasteiger partial charge in [0.2, 0.25) is 5.91 Å². The molecule has 0 radical (unpaired) electrons. The van der Waals surface area contributed by atoms with E-state index in [4.69, 9.17) is 5.11 Å². The molecule has 0 aliphatic rings. The van der Waals surface area contributed by atoms with E-state index in [1.54, 1.807) is 47.5 Å². The van der Waals surface area contributed by atoms with Crippen LogP contribution in [0.4, 0.5) is 0 Å². The van der Waals surface area contributed by atoms with Gasteiger partial charge in [0.05, 0.1) is 22.7 Å². The third-order valence-corrected chi connectivity index (χ3v) is 4.89. The summed E-state index contributed by atoms with van der Waals surface area (Å²) in [7, 11) is 1.74. The molecule has 24 heavy (non-hydrogen) atoms. The fraction of sp³-hybridized carbons (Fsp3) is 0.389. The van der Waals surface area contributed by atoms with Gasteiger partial charge in [0.15, 0.2) is 0 Å². The summed E-state index contributed by atoms with van der Waals surface area (Å²) in [6.45, 7) is 6.74. The smallest absolute Gasteiger partial charge is 0.335 e. The van der Waals surface area contributed by atoms with Crippen LogP contribution in [0.5, 0.6) is 0 Å². The van der Waals surface area contributed by atoms with Crippen molar-refractivity contribution in [1.29, 1.82) is 0 Å². The van der Waals surface area contributed by atoms with Gasteiger partial charge in [-0.2, -0.15) is 0 Å². The molecule has 5 nitrogen and oxygen atoms in total. The van der Waals surface area contributed by atoms with Crippen molar-refractivity contribution >= 4 is 23.2 Å². The van der Waals surface area contributed by atoms with Crippen molar-refractivity contribution < 1.29 is 14.7 Å². The number of amides is 1. The van der Waals surface area contributed by atoms with E-state index in [9.17, 15) is 9.59 Å². The van der Waals surface area contributed by atoms with E-state index >= 15 is 0 Å². The predicted octanol–water partition coefficient (Wildman–Crippen LogP) is 3.34. The van der Waals surface area contributed by atoms with Crippen LogP contribution in [-0.4, -0.2) is 33.9 Å². The molecule has 1 aromatic heterocycles. The lowest BCUT2D eigenvalue weighted by molar-refractivity contribution is -0.129. The van der Waals surface area contributed by atoms with Crippen molar-refractivity contribution in [3.05, 3.63) is 51.5 Å². The van der Waals surface area contributed by atoms with Gasteiger partial charge in [0.25, 0.3) is 0 Å². The Labute approximate surface area is 146 Å². The van der Waals surface area contributed by atoms with Gasteiger partial charge >= 0.3 is 5.97 Å². The maximum absolute atomic E-state index is 12.3. The molecule has 6 heteroatoms. The Morgan fingerprint density at radius 3 is 2.33 bits per heavy atom. The van der Waals surface area contributed by atoms with Crippen LogP contribution in [0.2, 0.25) is 0 Å². The van der Waals surface area contributed by atoms with E-state index < -0.39 is 5.97 Å². The molecule has 0 bridgehead atoms. The molecule has 2 rings (SSSR count). The van der Waals surface area contributed by atoms with Crippen LogP contribution in [0.3, 0.4) is 0 Å². The summed E-state index contributed by atoms with van der Waals surface area (Å²) in [6.07, 6.45) is 0.274. The number of thiazole rings is 1. The van der Waals surface area contributed by atoms with Crippen LogP contribution in [0.25, 0.3) is 0 Å². The number of carboxylic acids is 1. The lowest BCUT2D eigenvalue weighted by Crippen LogP contribution is -2.28. The third kappa shape index (κ3) is 4.64. The Morgan fingerprint density at radius 1 is 1.21 bits per heavy atom. The van der Waals surface area contributed by atoms with Crippen molar-refractivity contribution in [3.63, 3.8) is 0 Å². The first-order valence-electron chi connectivity index (χ1n) is 7.68. The molecule has 0 atom stereocenters. The van der Waals surface area contributed by atoms with E-state index in [2.05, 4.69) is 25.8 Å². The number of hydrogen-bond donors (Lipinski definition) is 1. The molecule has 1 aromatic carbocycles. The van der Waals surface area contributed by atoms with E-state index in [0.717, 1.165) is 16.3 Å². The van der Waals surface area contributed by atoms with Crippen molar-refractivity contribution in [2.45, 2.75) is 39.2 Å². The average Bonchev–Trinajstić information content (AvgIpc) is 2.96. The predicted molar refractivity (Wildman–Crippen MR) is 94.4 cm³/mol. The minimum Gasteiger partial charge on any atom is -0.478 e. The van der Waals surface area contributed by atoms with Crippen LogP contribution in [0.15, 0.2) is 29.6 Å². The van der Waals surface area contributed by atoms with Crippen LogP contribution >= 0.6 is 11.3 Å². The SMILES string of the molecule is CN(Cc1ccc(C(=O)O)cc1)C(=O)Cc1csc(C(C)(C)C)n1. The van der Waals surface area contributed by atoms with E-state index in [1.165, 1.54) is 0 Å². The Bertz CT molecular complexity index is 729. The van der Waals surface area contributed by atoms with E-state index in [0.29, 0.717) is 6.54 Å². The van der Waals surface area contributed by atoms with Crippen molar-refractivity contribution in [2.75, 3.05) is 7.05 Å². The van der Waals surface area contributed by atoms with Gasteiger partial charge in [0, 0.05) is 24.4 Å². The molecule has 0 unspecified atom stereocenters.